The normalized spacial score (nSPS) is 12.2. The summed E-state index contributed by atoms with van der Waals surface area (Å²) in [5.41, 5.74) is 6.18. The maximum Gasteiger partial charge on any atom is 0.348 e. The summed E-state index contributed by atoms with van der Waals surface area (Å²) in [7, 11) is 2.38. The first-order chi connectivity index (χ1) is 13.5. The molecule has 1 aliphatic rings. The number of fused-ring (bicyclic) bond motifs is 1. The van der Waals surface area contributed by atoms with Gasteiger partial charge in [-0.15, -0.1) is 11.3 Å². The molecule has 0 radical (unpaired) electrons. The van der Waals surface area contributed by atoms with E-state index in [-0.39, 0.29) is 33.2 Å². The summed E-state index contributed by atoms with van der Waals surface area (Å²) in [6, 6.07) is 4.63. The molecule has 3 rings (SSSR count). The average molecular weight is 407 g/mol. The molecule has 2 heterocycles. The predicted octanol–water partition coefficient (Wildman–Crippen LogP) is 2.03. The third kappa shape index (κ3) is 3.72. The minimum Gasteiger partial charge on any atom is -0.486 e. The topological polar surface area (TPSA) is 123 Å². The molecule has 0 fully saturated rings. The Kier molecular flexibility index (Phi) is 5.69. The fourth-order valence-corrected chi connectivity index (χ4v) is 3.58. The van der Waals surface area contributed by atoms with E-state index in [0.29, 0.717) is 24.7 Å². The number of rotatable bonds is 5. The van der Waals surface area contributed by atoms with E-state index in [9.17, 15) is 14.4 Å². The van der Waals surface area contributed by atoms with Crippen LogP contribution in [0.5, 0.6) is 11.5 Å². The predicted molar refractivity (Wildman–Crippen MR) is 98.0 cm³/mol. The fraction of sp³-hybridized carbons (Fsp3) is 0.278. The van der Waals surface area contributed by atoms with E-state index in [2.05, 4.69) is 0 Å². The van der Waals surface area contributed by atoms with Gasteiger partial charge in [0.15, 0.2) is 11.5 Å². The Bertz CT molecular complexity index is 936. The Balaban J connectivity index is 1.84. The number of ether oxygens (including phenoxy) is 5. The number of carbonyl (C=O) groups is 3. The van der Waals surface area contributed by atoms with Crippen molar-refractivity contribution in [3.63, 3.8) is 0 Å². The molecule has 1 aromatic carbocycles. The highest BCUT2D eigenvalue weighted by molar-refractivity contribution is 7.18. The van der Waals surface area contributed by atoms with Crippen molar-refractivity contribution in [2.24, 2.45) is 0 Å². The van der Waals surface area contributed by atoms with E-state index in [1.165, 1.54) is 26.4 Å². The number of carbonyl (C=O) groups excluding carboxylic acids is 3. The van der Waals surface area contributed by atoms with Crippen LogP contribution in [0.2, 0.25) is 0 Å². The standard InChI is InChI=1S/C18H17NO8S/c1-23-17(21)13-10(14(18(22)24-2)28-15(13)19)8-27-16(20)9-3-4-11-12(7-9)26-6-5-25-11/h3-4,7H,5-6,8,19H2,1-2H3. The van der Waals surface area contributed by atoms with Crippen LogP contribution in [0.15, 0.2) is 18.2 Å². The Hall–Kier alpha value is -3.27. The van der Waals surface area contributed by atoms with Gasteiger partial charge < -0.3 is 29.4 Å². The molecule has 0 spiro atoms. The largest absolute Gasteiger partial charge is 0.486 e. The Morgan fingerprint density at radius 2 is 1.71 bits per heavy atom. The zero-order valence-corrected chi connectivity index (χ0v) is 15.9. The molecular formula is C18H17NO8S. The van der Waals surface area contributed by atoms with Crippen molar-refractivity contribution in [2.45, 2.75) is 6.61 Å². The van der Waals surface area contributed by atoms with E-state index >= 15 is 0 Å². The average Bonchev–Trinajstić information content (AvgIpc) is 3.06. The Labute approximate surface area is 163 Å². The van der Waals surface area contributed by atoms with Crippen LogP contribution in [0.4, 0.5) is 5.00 Å². The molecule has 2 aromatic rings. The van der Waals surface area contributed by atoms with Gasteiger partial charge in [-0.2, -0.15) is 0 Å². The summed E-state index contributed by atoms with van der Waals surface area (Å²) in [5.74, 6) is -1.14. The van der Waals surface area contributed by atoms with Gasteiger partial charge in [0.2, 0.25) is 0 Å². The zero-order chi connectivity index (χ0) is 20.3. The van der Waals surface area contributed by atoms with Crippen LogP contribution in [-0.4, -0.2) is 45.3 Å². The van der Waals surface area contributed by atoms with E-state index in [1.54, 1.807) is 6.07 Å². The number of methoxy groups -OCH3 is 2. The van der Waals surface area contributed by atoms with Crippen LogP contribution in [0.25, 0.3) is 0 Å². The van der Waals surface area contributed by atoms with Gasteiger partial charge in [0.25, 0.3) is 0 Å². The van der Waals surface area contributed by atoms with E-state index in [4.69, 9.17) is 29.4 Å². The third-order valence-electron chi connectivity index (χ3n) is 3.92. The number of nitrogen functional groups attached to an aromatic ring is 1. The summed E-state index contributed by atoms with van der Waals surface area (Å²) in [6.45, 7) is 0.448. The molecular weight excluding hydrogens is 390 g/mol. The lowest BCUT2D eigenvalue weighted by molar-refractivity contribution is 0.0452. The summed E-state index contributed by atoms with van der Waals surface area (Å²) in [6.07, 6.45) is 0. The van der Waals surface area contributed by atoms with Crippen LogP contribution >= 0.6 is 11.3 Å². The molecule has 0 bridgehead atoms. The smallest absolute Gasteiger partial charge is 0.348 e. The van der Waals surface area contributed by atoms with Gasteiger partial charge in [-0.1, -0.05) is 0 Å². The van der Waals surface area contributed by atoms with E-state index < -0.39 is 17.9 Å². The molecule has 0 saturated carbocycles. The van der Waals surface area contributed by atoms with Crippen molar-refractivity contribution in [3.8, 4) is 11.5 Å². The first kappa shape index (κ1) is 19.5. The molecule has 1 aliphatic heterocycles. The number of thiophene rings is 1. The molecule has 0 aliphatic carbocycles. The quantitative estimate of drug-likeness (QED) is 0.585. The fourth-order valence-electron chi connectivity index (χ4n) is 2.60. The maximum atomic E-state index is 12.4. The maximum absolute atomic E-state index is 12.4. The number of anilines is 1. The Morgan fingerprint density at radius 3 is 2.39 bits per heavy atom. The van der Waals surface area contributed by atoms with Crippen LogP contribution < -0.4 is 15.2 Å². The number of esters is 3. The van der Waals surface area contributed by atoms with Gasteiger partial charge in [-0.3, -0.25) is 0 Å². The lowest BCUT2D eigenvalue weighted by atomic mass is 10.1. The monoisotopic (exact) mass is 407 g/mol. The lowest BCUT2D eigenvalue weighted by Crippen LogP contribution is -2.16. The second kappa shape index (κ2) is 8.17. The van der Waals surface area contributed by atoms with Gasteiger partial charge in [-0.25, -0.2) is 14.4 Å². The highest BCUT2D eigenvalue weighted by Gasteiger charge is 2.28. The minimum absolute atomic E-state index is 0.0251. The van der Waals surface area contributed by atoms with E-state index in [0.717, 1.165) is 11.3 Å². The molecule has 1 aromatic heterocycles. The van der Waals surface area contributed by atoms with Gasteiger partial charge in [-0.05, 0) is 18.2 Å². The van der Waals surface area contributed by atoms with Crippen molar-refractivity contribution < 1.29 is 38.1 Å². The molecule has 148 valence electrons. The highest BCUT2D eigenvalue weighted by atomic mass is 32.1. The first-order valence-corrected chi connectivity index (χ1v) is 8.92. The Morgan fingerprint density at radius 1 is 1.04 bits per heavy atom. The summed E-state index contributed by atoms with van der Waals surface area (Å²) in [4.78, 5) is 36.5. The molecule has 0 atom stereocenters. The molecule has 0 unspecified atom stereocenters. The molecule has 0 saturated heterocycles. The second-order valence-corrected chi connectivity index (χ2v) is 6.62. The molecule has 10 heteroatoms. The lowest BCUT2D eigenvalue weighted by Gasteiger charge is -2.18. The summed E-state index contributed by atoms with van der Waals surface area (Å²) < 4.78 is 25.5. The van der Waals surface area contributed by atoms with Crippen molar-refractivity contribution in [2.75, 3.05) is 33.2 Å². The van der Waals surface area contributed by atoms with Crippen molar-refractivity contribution >= 4 is 34.2 Å². The van der Waals surface area contributed by atoms with Gasteiger partial charge in [0, 0.05) is 5.56 Å². The third-order valence-corrected chi connectivity index (χ3v) is 4.96. The zero-order valence-electron chi connectivity index (χ0n) is 15.1. The van der Waals surface area contributed by atoms with Crippen LogP contribution in [-0.2, 0) is 20.8 Å². The van der Waals surface area contributed by atoms with E-state index in [1.807, 2.05) is 0 Å². The first-order valence-electron chi connectivity index (χ1n) is 8.10. The van der Waals surface area contributed by atoms with Crippen LogP contribution in [0.3, 0.4) is 0 Å². The van der Waals surface area contributed by atoms with Gasteiger partial charge in [0.1, 0.15) is 35.3 Å². The summed E-state index contributed by atoms with van der Waals surface area (Å²) >= 11 is 0.858. The molecule has 9 nitrogen and oxygen atoms in total. The summed E-state index contributed by atoms with van der Waals surface area (Å²) in [5, 5.41) is 0.0672. The number of benzene rings is 1. The number of hydrogen-bond donors (Lipinski definition) is 1. The molecule has 0 amide bonds. The minimum atomic E-state index is -0.741. The SMILES string of the molecule is COC(=O)c1sc(N)c(C(=O)OC)c1COC(=O)c1ccc2c(c1)OCCO2. The van der Waals surface area contributed by atoms with Crippen molar-refractivity contribution in [1.82, 2.24) is 0 Å². The highest BCUT2D eigenvalue weighted by Crippen LogP contribution is 2.34. The van der Waals surface area contributed by atoms with Gasteiger partial charge in [0.05, 0.1) is 19.8 Å². The molecule has 28 heavy (non-hydrogen) atoms. The number of nitrogens with two attached hydrogens (primary N) is 1. The van der Waals surface area contributed by atoms with Crippen LogP contribution in [0.1, 0.15) is 36.0 Å². The van der Waals surface area contributed by atoms with Crippen molar-refractivity contribution in [1.29, 1.82) is 0 Å². The molecule has 2 N–H and O–H groups in total. The van der Waals surface area contributed by atoms with Crippen LogP contribution in [0, 0.1) is 0 Å². The number of hydrogen-bond acceptors (Lipinski definition) is 10. The van der Waals surface area contributed by atoms with Crippen molar-refractivity contribution in [3.05, 3.63) is 39.8 Å². The second-order valence-electron chi connectivity index (χ2n) is 5.57. The van der Waals surface area contributed by atoms with Gasteiger partial charge >= 0.3 is 17.9 Å².